The van der Waals surface area contributed by atoms with Gasteiger partial charge in [-0.05, 0) is 26.2 Å². The molecular formula is C17H32N4O2. The number of aromatic nitrogens is 2. The highest BCUT2D eigenvalue weighted by Crippen LogP contribution is 2.23. The number of carbonyl (C=O) groups is 1. The number of nitrogens with zero attached hydrogens (tertiary/aromatic N) is 2. The van der Waals surface area contributed by atoms with Crippen molar-refractivity contribution < 1.29 is 9.90 Å². The van der Waals surface area contributed by atoms with Gasteiger partial charge in [-0.15, -0.1) is 0 Å². The summed E-state index contributed by atoms with van der Waals surface area (Å²) in [4.78, 5) is 12.2. The maximum atomic E-state index is 12.2. The molecule has 23 heavy (non-hydrogen) atoms. The molecule has 0 radical (unpaired) electrons. The zero-order chi connectivity index (χ0) is 17.6. The molecule has 3 N–H and O–H groups in total. The van der Waals surface area contributed by atoms with Gasteiger partial charge in [0.1, 0.15) is 0 Å². The molecule has 6 heteroatoms. The topological polar surface area (TPSA) is 79.2 Å². The average molecular weight is 324 g/mol. The zero-order valence-corrected chi connectivity index (χ0v) is 15.3. The van der Waals surface area contributed by atoms with Crippen molar-refractivity contribution in [2.75, 3.05) is 6.54 Å². The Bertz CT molecular complexity index is 509. The van der Waals surface area contributed by atoms with Gasteiger partial charge in [-0.2, -0.15) is 5.10 Å². The van der Waals surface area contributed by atoms with E-state index in [1.807, 2.05) is 32.5 Å². The second-order valence-corrected chi connectivity index (χ2v) is 6.17. The number of urea groups is 1. The Kier molecular flexibility index (Phi) is 7.55. The standard InChI is InChI=1S/C17H32N4O2/c1-7-13(8-2)15(22)10-18-17(23)19-14(9-3)16-11(4)20-21(6)12(16)5/h13-15,22H,7-10H2,1-6H3,(H2,18,19,23). The van der Waals surface area contributed by atoms with Crippen LogP contribution in [0.3, 0.4) is 0 Å². The van der Waals surface area contributed by atoms with Gasteiger partial charge >= 0.3 is 6.03 Å². The number of aliphatic hydroxyl groups is 1. The van der Waals surface area contributed by atoms with Crippen LogP contribution in [-0.2, 0) is 7.05 Å². The average Bonchev–Trinajstić information content (AvgIpc) is 2.77. The first-order valence-electron chi connectivity index (χ1n) is 8.58. The predicted octanol–water partition coefficient (Wildman–Crippen LogP) is 2.58. The Labute approximate surface area is 139 Å². The molecule has 0 aliphatic carbocycles. The molecular weight excluding hydrogens is 292 g/mol. The van der Waals surface area contributed by atoms with E-state index in [-0.39, 0.29) is 24.5 Å². The van der Waals surface area contributed by atoms with E-state index < -0.39 is 6.10 Å². The van der Waals surface area contributed by atoms with Gasteiger partial charge in [-0.3, -0.25) is 4.68 Å². The summed E-state index contributed by atoms with van der Waals surface area (Å²) in [5, 5.41) is 20.3. The minimum atomic E-state index is -0.502. The molecule has 1 aromatic heterocycles. The molecule has 0 aliphatic rings. The number of hydrogen-bond acceptors (Lipinski definition) is 3. The number of rotatable bonds is 8. The van der Waals surface area contributed by atoms with Crippen molar-refractivity contribution in [1.82, 2.24) is 20.4 Å². The van der Waals surface area contributed by atoms with Crippen LogP contribution < -0.4 is 10.6 Å². The summed E-state index contributed by atoms with van der Waals surface area (Å²) in [5.74, 6) is 0.222. The number of amides is 2. The Morgan fingerprint density at radius 2 is 1.83 bits per heavy atom. The Morgan fingerprint density at radius 1 is 1.22 bits per heavy atom. The van der Waals surface area contributed by atoms with Crippen LogP contribution in [0.2, 0.25) is 0 Å². The predicted molar refractivity (Wildman–Crippen MR) is 92.3 cm³/mol. The first kappa shape index (κ1) is 19.5. The zero-order valence-electron chi connectivity index (χ0n) is 15.3. The van der Waals surface area contributed by atoms with E-state index in [2.05, 4.69) is 29.6 Å². The fourth-order valence-corrected chi connectivity index (χ4v) is 3.08. The Hall–Kier alpha value is -1.56. The molecule has 6 nitrogen and oxygen atoms in total. The summed E-state index contributed by atoms with van der Waals surface area (Å²) < 4.78 is 1.84. The number of hydrogen-bond donors (Lipinski definition) is 3. The number of aliphatic hydroxyl groups excluding tert-OH is 1. The van der Waals surface area contributed by atoms with E-state index in [4.69, 9.17) is 0 Å². The summed E-state index contributed by atoms with van der Waals surface area (Å²) in [6, 6.07) is -0.321. The Balaban J connectivity index is 2.64. The highest BCUT2D eigenvalue weighted by Gasteiger charge is 2.21. The molecule has 0 saturated carbocycles. The van der Waals surface area contributed by atoms with Crippen molar-refractivity contribution in [3.05, 3.63) is 17.0 Å². The van der Waals surface area contributed by atoms with Crippen LogP contribution in [0, 0.1) is 19.8 Å². The Morgan fingerprint density at radius 3 is 2.26 bits per heavy atom. The van der Waals surface area contributed by atoms with E-state index in [0.717, 1.165) is 36.2 Å². The van der Waals surface area contributed by atoms with Gasteiger partial charge in [0.15, 0.2) is 0 Å². The van der Waals surface area contributed by atoms with Crippen LogP contribution in [0.1, 0.15) is 63.0 Å². The SMILES string of the molecule is CCC(NC(=O)NCC(O)C(CC)CC)c1c(C)nn(C)c1C. The summed E-state index contributed by atoms with van der Waals surface area (Å²) >= 11 is 0. The molecule has 0 aromatic carbocycles. The van der Waals surface area contributed by atoms with Gasteiger partial charge in [0.05, 0.1) is 17.8 Å². The van der Waals surface area contributed by atoms with Gasteiger partial charge in [-0.1, -0.05) is 33.6 Å². The molecule has 2 atom stereocenters. The van der Waals surface area contributed by atoms with E-state index in [9.17, 15) is 9.90 Å². The molecule has 0 saturated heterocycles. The van der Waals surface area contributed by atoms with Crippen LogP contribution in [0.25, 0.3) is 0 Å². The third-order valence-corrected chi connectivity index (χ3v) is 4.69. The van der Waals surface area contributed by atoms with Gasteiger partial charge in [-0.25, -0.2) is 4.79 Å². The maximum Gasteiger partial charge on any atom is 0.315 e. The lowest BCUT2D eigenvalue weighted by Gasteiger charge is -2.22. The van der Waals surface area contributed by atoms with Crippen LogP contribution in [0.15, 0.2) is 0 Å². The van der Waals surface area contributed by atoms with E-state index in [0.29, 0.717) is 0 Å². The monoisotopic (exact) mass is 324 g/mol. The summed E-state index contributed by atoms with van der Waals surface area (Å²) in [7, 11) is 1.91. The summed E-state index contributed by atoms with van der Waals surface area (Å²) in [5.41, 5.74) is 3.08. The summed E-state index contributed by atoms with van der Waals surface area (Å²) in [6.45, 7) is 10.4. The smallest absolute Gasteiger partial charge is 0.315 e. The van der Waals surface area contributed by atoms with Crippen molar-refractivity contribution in [3.8, 4) is 0 Å². The maximum absolute atomic E-state index is 12.2. The molecule has 2 unspecified atom stereocenters. The van der Waals surface area contributed by atoms with Crippen molar-refractivity contribution in [3.63, 3.8) is 0 Å². The third-order valence-electron chi connectivity index (χ3n) is 4.69. The quantitative estimate of drug-likeness (QED) is 0.687. The summed E-state index contributed by atoms with van der Waals surface area (Å²) in [6.07, 6.45) is 2.10. The highest BCUT2D eigenvalue weighted by molar-refractivity contribution is 5.74. The van der Waals surface area contributed by atoms with Crippen LogP contribution in [-0.4, -0.2) is 33.6 Å². The molecule has 1 aromatic rings. The molecule has 0 fully saturated rings. The van der Waals surface area contributed by atoms with Gasteiger partial charge in [0, 0.05) is 24.8 Å². The van der Waals surface area contributed by atoms with Gasteiger partial charge in [0.25, 0.3) is 0 Å². The minimum absolute atomic E-state index is 0.0750. The van der Waals surface area contributed by atoms with Gasteiger partial charge in [0.2, 0.25) is 0 Å². The van der Waals surface area contributed by atoms with Crippen molar-refractivity contribution >= 4 is 6.03 Å². The van der Waals surface area contributed by atoms with Crippen molar-refractivity contribution in [2.45, 2.75) is 66.0 Å². The van der Waals surface area contributed by atoms with E-state index in [1.54, 1.807) is 0 Å². The molecule has 0 aliphatic heterocycles. The van der Waals surface area contributed by atoms with Crippen molar-refractivity contribution in [2.24, 2.45) is 13.0 Å². The lowest BCUT2D eigenvalue weighted by Crippen LogP contribution is -2.43. The molecule has 2 amide bonds. The fourth-order valence-electron chi connectivity index (χ4n) is 3.08. The lowest BCUT2D eigenvalue weighted by atomic mass is 9.97. The molecule has 0 bridgehead atoms. The van der Waals surface area contributed by atoms with E-state index >= 15 is 0 Å². The largest absolute Gasteiger partial charge is 0.391 e. The molecule has 1 rings (SSSR count). The molecule has 0 spiro atoms. The van der Waals surface area contributed by atoms with Gasteiger partial charge < -0.3 is 15.7 Å². The number of nitrogens with one attached hydrogen (secondary N) is 2. The first-order valence-corrected chi connectivity index (χ1v) is 8.58. The van der Waals surface area contributed by atoms with Crippen LogP contribution in [0.4, 0.5) is 4.79 Å². The fraction of sp³-hybridized carbons (Fsp3) is 0.765. The molecule has 1 heterocycles. The van der Waals surface area contributed by atoms with Crippen LogP contribution in [0.5, 0.6) is 0 Å². The third kappa shape index (κ3) is 4.96. The first-order chi connectivity index (χ1) is 10.8. The number of aryl methyl sites for hydroxylation is 2. The second-order valence-electron chi connectivity index (χ2n) is 6.17. The normalized spacial score (nSPS) is 13.9. The van der Waals surface area contributed by atoms with Crippen LogP contribution >= 0.6 is 0 Å². The minimum Gasteiger partial charge on any atom is -0.391 e. The van der Waals surface area contributed by atoms with E-state index in [1.165, 1.54) is 0 Å². The molecule has 132 valence electrons. The van der Waals surface area contributed by atoms with Crippen molar-refractivity contribution in [1.29, 1.82) is 0 Å². The second kappa shape index (κ2) is 8.91. The highest BCUT2D eigenvalue weighted by atomic mass is 16.3. The number of carbonyl (C=O) groups excluding carboxylic acids is 1. The lowest BCUT2D eigenvalue weighted by molar-refractivity contribution is 0.103.